The Morgan fingerprint density at radius 3 is 2.48 bits per heavy atom. The highest BCUT2D eigenvalue weighted by atomic mass is 16.1. The van der Waals surface area contributed by atoms with Gasteiger partial charge in [0.1, 0.15) is 12.1 Å². The molecular formula is C22H32N8O. The van der Waals surface area contributed by atoms with Crippen LogP contribution in [0.15, 0.2) is 29.3 Å². The summed E-state index contributed by atoms with van der Waals surface area (Å²) in [7, 11) is 0. The maximum absolute atomic E-state index is 12.2. The summed E-state index contributed by atoms with van der Waals surface area (Å²) < 4.78 is 3.42. The Morgan fingerprint density at radius 2 is 1.81 bits per heavy atom. The summed E-state index contributed by atoms with van der Waals surface area (Å²) in [4.78, 5) is 25.9. The summed E-state index contributed by atoms with van der Waals surface area (Å²) in [6.45, 7) is 15.6. The van der Waals surface area contributed by atoms with Crippen molar-refractivity contribution >= 4 is 11.6 Å². The van der Waals surface area contributed by atoms with Crippen LogP contribution < -0.4 is 10.5 Å². The molecule has 0 amide bonds. The van der Waals surface area contributed by atoms with E-state index in [1.54, 1.807) is 17.1 Å². The molecule has 0 aliphatic carbocycles. The molecule has 0 unspecified atom stereocenters. The Bertz CT molecular complexity index is 1100. The van der Waals surface area contributed by atoms with Crippen molar-refractivity contribution in [2.24, 2.45) is 0 Å². The van der Waals surface area contributed by atoms with E-state index in [9.17, 15) is 4.79 Å². The first-order chi connectivity index (χ1) is 14.7. The Labute approximate surface area is 182 Å². The minimum absolute atomic E-state index is 0.0433. The van der Waals surface area contributed by atoms with Crippen LogP contribution in [0.2, 0.25) is 0 Å². The van der Waals surface area contributed by atoms with Crippen LogP contribution in [0.25, 0.3) is 5.78 Å². The molecule has 0 saturated carbocycles. The number of aromatic nitrogens is 6. The Hall–Kier alpha value is -2.81. The smallest absolute Gasteiger partial charge is 0.266 e. The molecule has 0 aromatic carbocycles. The summed E-state index contributed by atoms with van der Waals surface area (Å²) in [5.41, 5.74) is 1.85. The van der Waals surface area contributed by atoms with Crippen molar-refractivity contribution in [2.45, 2.75) is 52.5 Å². The highest BCUT2D eigenvalue weighted by Gasteiger charge is 2.22. The van der Waals surface area contributed by atoms with Gasteiger partial charge in [0, 0.05) is 50.3 Å². The molecule has 4 rings (SSSR count). The molecular weight excluding hydrogens is 392 g/mol. The minimum Gasteiger partial charge on any atom is -0.354 e. The molecule has 1 aliphatic heterocycles. The number of anilines is 1. The van der Waals surface area contributed by atoms with Crippen LogP contribution in [-0.4, -0.2) is 67.0 Å². The first kappa shape index (κ1) is 21.4. The van der Waals surface area contributed by atoms with Crippen LogP contribution in [-0.2, 0) is 12.0 Å². The fraction of sp³-hybridized carbons (Fsp3) is 0.591. The van der Waals surface area contributed by atoms with Gasteiger partial charge >= 0.3 is 0 Å². The summed E-state index contributed by atoms with van der Waals surface area (Å²) >= 11 is 0. The van der Waals surface area contributed by atoms with Crippen molar-refractivity contribution in [1.82, 2.24) is 34.3 Å². The van der Waals surface area contributed by atoms with Gasteiger partial charge in [-0.15, -0.1) is 0 Å². The fourth-order valence-corrected chi connectivity index (χ4v) is 3.78. The third-order valence-corrected chi connectivity index (χ3v) is 5.80. The molecule has 9 heteroatoms. The van der Waals surface area contributed by atoms with E-state index in [1.165, 1.54) is 0 Å². The second-order valence-corrected chi connectivity index (χ2v) is 9.52. The van der Waals surface area contributed by atoms with Gasteiger partial charge < -0.3 is 4.90 Å². The second-order valence-electron chi connectivity index (χ2n) is 9.52. The summed E-state index contributed by atoms with van der Waals surface area (Å²) in [5, 5.41) is 8.95. The first-order valence-electron chi connectivity index (χ1n) is 11.0. The topological polar surface area (TPSA) is 84.5 Å². The predicted octanol–water partition coefficient (Wildman–Crippen LogP) is 1.92. The minimum atomic E-state index is -0.0762. The number of hydrogen-bond donors (Lipinski definition) is 0. The zero-order valence-corrected chi connectivity index (χ0v) is 19.1. The van der Waals surface area contributed by atoms with Gasteiger partial charge in [0.2, 0.25) is 0 Å². The average Bonchev–Trinajstić information content (AvgIpc) is 3.21. The van der Waals surface area contributed by atoms with E-state index < -0.39 is 0 Å². The van der Waals surface area contributed by atoms with Gasteiger partial charge in [-0.25, -0.2) is 9.67 Å². The zero-order valence-electron chi connectivity index (χ0n) is 19.1. The van der Waals surface area contributed by atoms with Gasteiger partial charge in [0.15, 0.2) is 0 Å². The van der Waals surface area contributed by atoms with Gasteiger partial charge in [0.05, 0.1) is 17.9 Å². The number of rotatable bonds is 5. The molecule has 166 valence electrons. The van der Waals surface area contributed by atoms with Gasteiger partial charge in [-0.2, -0.15) is 19.7 Å². The van der Waals surface area contributed by atoms with Crippen LogP contribution in [0.3, 0.4) is 0 Å². The Morgan fingerprint density at radius 1 is 1.06 bits per heavy atom. The van der Waals surface area contributed by atoms with Crippen molar-refractivity contribution < 1.29 is 0 Å². The highest BCUT2D eigenvalue weighted by molar-refractivity contribution is 5.48. The van der Waals surface area contributed by atoms with E-state index in [-0.39, 0.29) is 11.0 Å². The van der Waals surface area contributed by atoms with Gasteiger partial charge in [-0.3, -0.25) is 9.69 Å². The van der Waals surface area contributed by atoms with E-state index in [0.717, 1.165) is 49.9 Å². The fourth-order valence-electron chi connectivity index (χ4n) is 3.78. The molecule has 3 aromatic rings. The van der Waals surface area contributed by atoms with E-state index in [4.69, 9.17) is 0 Å². The molecule has 1 saturated heterocycles. The predicted molar refractivity (Wildman–Crippen MR) is 121 cm³/mol. The van der Waals surface area contributed by atoms with E-state index >= 15 is 0 Å². The largest absolute Gasteiger partial charge is 0.354 e. The maximum Gasteiger partial charge on any atom is 0.266 e. The van der Waals surface area contributed by atoms with Crippen LogP contribution in [0.4, 0.5) is 5.82 Å². The van der Waals surface area contributed by atoms with Gasteiger partial charge in [-0.05, 0) is 12.0 Å². The molecule has 0 atom stereocenters. The molecule has 1 fully saturated rings. The summed E-state index contributed by atoms with van der Waals surface area (Å²) in [5.74, 6) is 2.02. The molecule has 31 heavy (non-hydrogen) atoms. The van der Waals surface area contributed by atoms with Crippen LogP contribution >= 0.6 is 0 Å². The van der Waals surface area contributed by atoms with Crippen molar-refractivity contribution in [2.75, 3.05) is 37.6 Å². The van der Waals surface area contributed by atoms with E-state index in [1.807, 2.05) is 10.6 Å². The lowest BCUT2D eigenvalue weighted by Crippen LogP contribution is -2.48. The van der Waals surface area contributed by atoms with Crippen molar-refractivity contribution in [3.8, 4) is 0 Å². The SMILES string of the molecule is CC(C)c1cc(N2CCN(CCn3nc(C(C)(C)C)ccc3=O)CC2)n2ncnc2n1. The maximum atomic E-state index is 12.2. The Balaban J connectivity index is 1.42. The number of piperazine rings is 1. The number of hydrogen-bond acceptors (Lipinski definition) is 7. The van der Waals surface area contributed by atoms with Crippen LogP contribution in [0, 0.1) is 0 Å². The molecule has 0 radical (unpaired) electrons. The van der Waals surface area contributed by atoms with Crippen molar-refractivity contribution in [3.63, 3.8) is 0 Å². The number of nitrogens with zero attached hydrogens (tertiary/aromatic N) is 8. The van der Waals surface area contributed by atoms with Crippen molar-refractivity contribution in [1.29, 1.82) is 0 Å². The second kappa shape index (κ2) is 8.37. The first-order valence-corrected chi connectivity index (χ1v) is 11.0. The highest BCUT2D eigenvalue weighted by Crippen LogP contribution is 2.22. The van der Waals surface area contributed by atoms with Crippen molar-refractivity contribution in [3.05, 3.63) is 46.3 Å². The normalized spacial score (nSPS) is 15.9. The number of fused-ring (bicyclic) bond motifs is 1. The lowest BCUT2D eigenvalue weighted by molar-refractivity contribution is 0.241. The van der Waals surface area contributed by atoms with Gasteiger partial charge in [0.25, 0.3) is 11.3 Å². The Kier molecular flexibility index (Phi) is 5.79. The lowest BCUT2D eigenvalue weighted by atomic mass is 9.92. The summed E-state index contributed by atoms with van der Waals surface area (Å²) in [6.07, 6.45) is 1.56. The monoisotopic (exact) mass is 424 g/mol. The molecule has 0 spiro atoms. The third-order valence-electron chi connectivity index (χ3n) is 5.80. The van der Waals surface area contributed by atoms with E-state index in [2.05, 4.69) is 70.7 Å². The van der Waals surface area contributed by atoms with Crippen LogP contribution in [0.5, 0.6) is 0 Å². The lowest BCUT2D eigenvalue weighted by Gasteiger charge is -2.36. The quantitative estimate of drug-likeness (QED) is 0.619. The average molecular weight is 425 g/mol. The van der Waals surface area contributed by atoms with Gasteiger partial charge in [-0.1, -0.05) is 34.6 Å². The molecule has 0 N–H and O–H groups in total. The standard InChI is InChI=1S/C22H32N8O/c1-16(2)17-14-19(30-21(25-17)23-15-24-30)28-11-8-27(9-12-28)10-13-29-20(31)7-6-18(26-29)22(3,4)5/h6-7,14-16H,8-13H2,1-5H3. The molecule has 1 aliphatic rings. The van der Waals surface area contributed by atoms with E-state index in [0.29, 0.717) is 18.2 Å². The molecule has 3 aromatic heterocycles. The third kappa shape index (κ3) is 4.61. The molecule has 0 bridgehead atoms. The zero-order chi connectivity index (χ0) is 22.2. The summed E-state index contributed by atoms with van der Waals surface area (Å²) in [6, 6.07) is 5.59. The molecule has 4 heterocycles. The van der Waals surface area contributed by atoms with Crippen LogP contribution in [0.1, 0.15) is 51.9 Å². The molecule has 9 nitrogen and oxygen atoms in total.